The molecule has 1 aromatic carbocycles. The molecule has 2 atom stereocenters. The van der Waals surface area contributed by atoms with Crippen LogP contribution in [0.5, 0.6) is 17.2 Å². The summed E-state index contributed by atoms with van der Waals surface area (Å²) in [6.07, 6.45) is 7.20. The minimum absolute atomic E-state index is 0.159. The third kappa shape index (κ3) is 5.90. The Morgan fingerprint density at radius 3 is 2.32 bits per heavy atom. The lowest BCUT2D eigenvalue weighted by atomic mass is 9.86. The zero-order chi connectivity index (χ0) is 20.5. The Balaban J connectivity index is 1.91. The minimum Gasteiger partial charge on any atom is -0.496 e. The van der Waals surface area contributed by atoms with E-state index in [1.807, 2.05) is 0 Å². The Bertz CT molecular complexity index is 715. The molecule has 0 saturated heterocycles. The van der Waals surface area contributed by atoms with Gasteiger partial charge in [-0.1, -0.05) is 19.8 Å². The molecule has 0 bridgehead atoms. The van der Waals surface area contributed by atoms with E-state index in [0.29, 0.717) is 28.7 Å². The van der Waals surface area contributed by atoms with E-state index in [0.717, 1.165) is 19.3 Å². The van der Waals surface area contributed by atoms with E-state index < -0.39 is 5.97 Å². The van der Waals surface area contributed by atoms with Crippen molar-refractivity contribution in [3.05, 3.63) is 23.8 Å². The highest BCUT2D eigenvalue weighted by atomic mass is 16.5. The van der Waals surface area contributed by atoms with Gasteiger partial charge in [-0.3, -0.25) is 4.79 Å². The predicted molar refractivity (Wildman–Crippen MR) is 106 cm³/mol. The number of amides is 1. The van der Waals surface area contributed by atoms with Crippen LogP contribution in [0, 0.1) is 5.92 Å². The monoisotopic (exact) mass is 391 g/mol. The van der Waals surface area contributed by atoms with E-state index in [1.165, 1.54) is 33.8 Å². The van der Waals surface area contributed by atoms with Crippen LogP contribution in [0.1, 0.15) is 38.2 Å². The molecule has 0 heterocycles. The second kappa shape index (κ2) is 10.6. The molecule has 1 aromatic rings. The number of carbonyl (C=O) groups is 2. The number of esters is 1. The van der Waals surface area contributed by atoms with Crippen molar-refractivity contribution in [1.29, 1.82) is 0 Å². The molecule has 1 amide bonds. The summed E-state index contributed by atoms with van der Waals surface area (Å²) in [6, 6.07) is 3.52. The summed E-state index contributed by atoms with van der Waals surface area (Å²) < 4.78 is 20.8. The number of ether oxygens (including phenoxy) is 4. The molecule has 1 saturated carbocycles. The topological polar surface area (TPSA) is 83.1 Å². The summed E-state index contributed by atoms with van der Waals surface area (Å²) in [5.41, 5.74) is 0.623. The molecular weight excluding hydrogens is 362 g/mol. The first-order chi connectivity index (χ1) is 13.5. The number of hydrogen-bond acceptors (Lipinski definition) is 6. The van der Waals surface area contributed by atoms with Crippen molar-refractivity contribution in [3.8, 4) is 17.2 Å². The highest BCUT2D eigenvalue weighted by Crippen LogP contribution is 2.35. The molecule has 154 valence electrons. The van der Waals surface area contributed by atoms with E-state index >= 15 is 0 Å². The Morgan fingerprint density at radius 2 is 1.68 bits per heavy atom. The van der Waals surface area contributed by atoms with Crippen LogP contribution in [-0.2, 0) is 14.3 Å². The lowest BCUT2D eigenvalue weighted by molar-refractivity contribution is -0.144. The molecule has 1 aliphatic rings. The fourth-order valence-electron chi connectivity index (χ4n) is 3.30. The van der Waals surface area contributed by atoms with Crippen LogP contribution in [0.15, 0.2) is 18.2 Å². The van der Waals surface area contributed by atoms with Gasteiger partial charge in [0.05, 0.1) is 21.3 Å². The summed E-state index contributed by atoms with van der Waals surface area (Å²) in [7, 11) is 4.58. The van der Waals surface area contributed by atoms with Crippen molar-refractivity contribution in [2.24, 2.45) is 5.92 Å². The van der Waals surface area contributed by atoms with Crippen LogP contribution in [0.3, 0.4) is 0 Å². The maximum Gasteiger partial charge on any atom is 0.331 e. The van der Waals surface area contributed by atoms with E-state index in [4.69, 9.17) is 18.9 Å². The number of rotatable bonds is 8. The fraction of sp³-hybridized carbons (Fsp3) is 0.524. The molecule has 1 N–H and O–H groups in total. The fourth-order valence-corrected chi connectivity index (χ4v) is 3.30. The second-order valence-corrected chi connectivity index (χ2v) is 6.83. The van der Waals surface area contributed by atoms with Gasteiger partial charge in [-0.25, -0.2) is 4.79 Å². The second-order valence-electron chi connectivity index (χ2n) is 6.83. The SMILES string of the molecule is COc1cc(OC)c(OC)cc1/C=C/C(=O)OCC(=O)N[C@@H]1CCCC[C@@H]1C. The number of methoxy groups -OCH3 is 3. The molecule has 1 fully saturated rings. The molecule has 0 aliphatic heterocycles. The number of nitrogens with one attached hydrogen (secondary N) is 1. The van der Waals surface area contributed by atoms with Gasteiger partial charge in [-0.2, -0.15) is 0 Å². The molecule has 1 aliphatic carbocycles. The summed E-state index contributed by atoms with van der Waals surface area (Å²) in [5, 5.41) is 2.95. The molecule has 7 heteroatoms. The highest BCUT2D eigenvalue weighted by molar-refractivity contribution is 5.90. The summed E-state index contributed by atoms with van der Waals surface area (Å²) in [4.78, 5) is 24.0. The summed E-state index contributed by atoms with van der Waals surface area (Å²) in [6.45, 7) is 1.84. The van der Waals surface area contributed by atoms with Gasteiger partial charge in [-0.15, -0.1) is 0 Å². The normalized spacial score (nSPS) is 19.1. The number of benzene rings is 1. The quantitative estimate of drug-likeness (QED) is 0.542. The van der Waals surface area contributed by atoms with E-state index in [-0.39, 0.29) is 18.6 Å². The van der Waals surface area contributed by atoms with Crippen LogP contribution in [0.2, 0.25) is 0 Å². The molecule has 0 radical (unpaired) electrons. The smallest absolute Gasteiger partial charge is 0.331 e. The van der Waals surface area contributed by atoms with E-state index in [9.17, 15) is 9.59 Å². The summed E-state index contributed by atoms with van der Waals surface area (Å²) in [5.74, 6) is 1.12. The predicted octanol–water partition coefficient (Wildman–Crippen LogP) is 2.96. The Kier molecular flexibility index (Phi) is 8.17. The van der Waals surface area contributed by atoms with Crippen molar-refractivity contribution in [1.82, 2.24) is 5.32 Å². The van der Waals surface area contributed by atoms with Crippen molar-refractivity contribution in [3.63, 3.8) is 0 Å². The molecule has 0 spiro atoms. The zero-order valence-corrected chi connectivity index (χ0v) is 16.9. The standard InChI is InChI=1S/C21H29NO6/c1-14-7-5-6-8-16(14)22-20(23)13-28-21(24)10-9-15-11-18(26-3)19(27-4)12-17(15)25-2/h9-12,14,16H,5-8,13H2,1-4H3,(H,22,23)/b10-9+/t14-,16+/m0/s1. The van der Waals surface area contributed by atoms with Gasteiger partial charge in [-0.05, 0) is 30.9 Å². The molecule has 0 aromatic heterocycles. The van der Waals surface area contributed by atoms with Gasteiger partial charge < -0.3 is 24.3 Å². The first-order valence-corrected chi connectivity index (χ1v) is 9.42. The first kappa shape index (κ1) is 21.6. The van der Waals surface area contributed by atoms with Crippen molar-refractivity contribution in [2.45, 2.75) is 38.6 Å². The molecule has 28 heavy (non-hydrogen) atoms. The third-order valence-corrected chi connectivity index (χ3v) is 4.94. The van der Waals surface area contributed by atoms with Crippen LogP contribution in [-0.4, -0.2) is 45.9 Å². The first-order valence-electron chi connectivity index (χ1n) is 9.42. The Hall–Kier alpha value is -2.70. The van der Waals surface area contributed by atoms with Crippen molar-refractivity contribution in [2.75, 3.05) is 27.9 Å². The van der Waals surface area contributed by atoms with E-state index in [1.54, 1.807) is 18.2 Å². The lowest BCUT2D eigenvalue weighted by Gasteiger charge is -2.29. The minimum atomic E-state index is -0.608. The van der Waals surface area contributed by atoms with Gasteiger partial charge in [0.2, 0.25) is 0 Å². The summed E-state index contributed by atoms with van der Waals surface area (Å²) >= 11 is 0. The molecule has 0 unspecified atom stereocenters. The van der Waals surface area contributed by atoms with Crippen LogP contribution >= 0.6 is 0 Å². The largest absolute Gasteiger partial charge is 0.496 e. The average Bonchev–Trinajstić information content (AvgIpc) is 2.71. The highest BCUT2D eigenvalue weighted by Gasteiger charge is 2.23. The molecule has 2 rings (SSSR count). The van der Waals surface area contributed by atoms with Crippen molar-refractivity contribution < 1.29 is 28.5 Å². The van der Waals surface area contributed by atoms with Crippen LogP contribution in [0.4, 0.5) is 0 Å². The van der Waals surface area contributed by atoms with Gasteiger partial charge in [0, 0.05) is 23.7 Å². The van der Waals surface area contributed by atoms with E-state index in [2.05, 4.69) is 12.2 Å². The van der Waals surface area contributed by atoms with Gasteiger partial charge >= 0.3 is 5.97 Å². The van der Waals surface area contributed by atoms with Crippen LogP contribution in [0.25, 0.3) is 6.08 Å². The average molecular weight is 391 g/mol. The number of hydrogen-bond donors (Lipinski definition) is 1. The Morgan fingerprint density at radius 1 is 1.04 bits per heavy atom. The lowest BCUT2D eigenvalue weighted by Crippen LogP contribution is -2.42. The van der Waals surface area contributed by atoms with Gasteiger partial charge in [0.1, 0.15) is 5.75 Å². The van der Waals surface area contributed by atoms with Gasteiger partial charge in [0.15, 0.2) is 18.1 Å². The third-order valence-electron chi connectivity index (χ3n) is 4.94. The molecule has 7 nitrogen and oxygen atoms in total. The maximum atomic E-state index is 12.0. The van der Waals surface area contributed by atoms with Crippen LogP contribution < -0.4 is 19.5 Å². The molecular formula is C21H29NO6. The Labute approximate surface area is 166 Å². The maximum absolute atomic E-state index is 12.0. The van der Waals surface area contributed by atoms with Gasteiger partial charge in [0.25, 0.3) is 5.91 Å². The zero-order valence-electron chi connectivity index (χ0n) is 16.9. The van der Waals surface area contributed by atoms with Crippen molar-refractivity contribution >= 4 is 18.0 Å². The number of carbonyl (C=O) groups excluding carboxylic acids is 2.